The molecule has 1 unspecified atom stereocenters. The van der Waals surface area contributed by atoms with E-state index in [1.165, 1.54) is 12.8 Å². The van der Waals surface area contributed by atoms with Gasteiger partial charge in [-0.1, -0.05) is 13.8 Å². The summed E-state index contributed by atoms with van der Waals surface area (Å²) in [6, 6.07) is 0. The zero-order valence-electron chi connectivity index (χ0n) is 12.6. The zero-order chi connectivity index (χ0) is 14.3. The summed E-state index contributed by atoms with van der Waals surface area (Å²) in [5, 5.41) is 0. The van der Waals surface area contributed by atoms with Crippen molar-refractivity contribution in [3.63, 3.8) is 0 Å². The van der Waals surface area contributed by atoms with Crippen molar-refractivity contribution in [1.82, 2.24) is 9.97 Å². The maximum absolute atomic E-state index is 12.2. The number of piperidine rings is 1. The highest BCUT2D eigenvalue weighted by molar-refractivity contribution is 5.99. The van der Waals surface area contributed by atoms with Crippen molar-refractivity contribution in [3.8, 4) is 0 Å². The molecule has 0 amide bonds. The number of Topliss-reactive ketones (excluding diaryl/α,β-unsaturated/α-hetero) is 1. The van der Waals surface area contributed by atoms with E-state index in [0.717, 1.165) is 48.3 Å². The number of aromatic nitrogens is 2. The number of carbonyl (C=O) groups excluding carboxylic acids is 1. The van der Waals surface area contributed by atoms with Crippen LogP contribution in [0.3, 0.4) is 0 Å². The second kappa shape index (κ2) is 5.15. The molecule has 0 radical (unpaired) electrons. The van der Waals surface area contributed by atoms with Gasteiger partial charge in [-0.15, -0.1) is 0 Å². The highest BCUT2D eigenvalue weighted by Gasteiger charge is 2.28. The van der Waals surface area contributed by atoms with Crippen LogP contribution in [0.25, 0.3) is 0 Å². The van der Waals surface area contributed by atoms with Crippen LogP contribution in [0.15, 0.2) is 0 Å². The number of hydrogen-bond donors (Lipinski definition) is 0. The van der Waals surface area contributed by atoms with E-state index in [2.05, 4.69) is 23.7 Å². The molecule has 0 spiro atoms. The van der Waals surface area contributed by atoms with Gasteiger partial charge in [0.25, 0.3) is 0 Å². The Bertz CT molecular complexity index is 533. The van der Waals surface area contributed by atoms with E-state index < -0.39 is 0 Å². The Kier molecular flexibility index (Phi) is 3.48. The summed E-state index contributed by atoms with van der Waals surface area (Å²) in [6.07, 6.45) is 3.95. The zero-order valence-corrected chi connectivity index (χ0v) is 12.6. The van der Waals surface area contributed by atoms with Crippen LogP contribution in [0.5, 0.6) is 0 Å². The number of aryl methyl sites for hydroxylation is 1. The Morgan fingerprint density at radius 3 is 2.45 bits per heavy atom. The smallest absolute Gasteiger partial charge is 0.225 e. The molecule has 108 valence electrons. The van der Waals surface area contributed by atoms with Crippen molar-refractivity contribution in [3.05, 3.63) is 17.0 Å². The fraction of sp³-hybridized carbons (Fsp3) is 0.688. The van der Waals surface area contributed by atoms with E-state index in [1.807, 2.05) is 6.92 Å². The number of hydrogen-bond acceptors (Lipinski definition) is 4. The number of ketones is 1. The topological polar surface area (TPSA) is 46.1 Å². The summed E-state index contributed by atoms with van der Waals surface area (Å²) >= 11 is 0. The molecule has 1 aliphatic heterocycles. The highest BCUT2D eigenvalue weighted by atomic mass is 16.1. The molecule has 1 atom stereocenters. The van der Waals surface area contributed by atoms with Crippen LogP contribution in [-0.2, 0) is 6.42 Å². The quantitative estimate of drug-likeness (QED) is 0.789. The largest absolute Gasteiger partial charge is 0.341 e. The molecule has 0 bridgehead atoms. The molecule has 3 rings (SSSR count). The summed E-state index contributed by atoms with van der Waals surface area (Å²) in [5.74, 6) is 2.25. The van der Waals surface area contributed by atoms with Crippen molar-refractivity contribution >= 4 is 11.7 Å². The molecule has 1 aromatic heterocycles. The lowest BCUT2D eigenvalue weighted by atomic mass is 9.86. The molecule has 2 aliphatic rings. The first-order valence-electron chi connectivity index (χ1n) is 7.70. The van der Waals surface area contributed by atoms with E-state index in [9.17, 15) is 4.79 Å². The van der Waals surface area contributed by atoms with Gasteiger partial charge < -0.3 is 4.90 Å². The summed E-state index contributed by atoms with van der Waals surface area (Å²) in [6.45, 7) is 8.44. The van der Waals surface area contributed by atoms with Crippen LogP contribution in [0.1, 0.15) is 54.9 Å². The molecular formula is C16H23N3O. The van der Waals surface area contributed by atoms with Crippen LogP contribution in [0, 0.1) is 18.8 Å². The maximum Gasteiger partial charge on any atom is 0.225 e. The van der Waals surface area contributed by atoms with Crippen LogP contribution in [0.2, 0.25) is 0 Å². The SMILES string of the molecule is Cc1nc(N2CCC(C)CC2)nc2c1C(=O)CC(C)C2. The molecule has 1 fully saturated rings. The average molecular weight is 273 g/mol. The Labute approximate surface area is 120 Å². The fourth-order valence-corrected chi connectivity index (χ4v) is 3.30. The van der Waals surface area contributed by atoms with E-state index in [-0.39, 0.29) is 5.78 Å². The van der Waals surface area contributed by atoms with Crippen molar-refractivity contribution in [2.45, 2.75) is 46.5 Å². The molecule has 0 saturated carbocycles. The highest BCUT2D eigenvalue weighted by Crippen LogP contribution is 2.28. The Balaban J connectivity index is 1.93. The first-order chi connectivity index (χ1) is 9.54. The molecule has 20 heavy (non-hydrogen) atoms. The second-order valence-corrected chi connectivity index (χ2v) is 6.54. The van der Waals surface area contributed by atoms with Gasteiger partial charge in [0.15, 0.2) is 5.78 Å². The van der Waals surface area contributed by atoms with Gasteiger partial charge in [-0.05, 0) is 38.0 Å². The van der Waals surface area contributed by atoms with Gasteiger partial charge in [0, 0.05) is 19.5 Å². The van der Waals surface area contributed by atoms with Gasteiger partial charge in [0.1, 0.15) is 0 Å². The standard InChI is InChI=1S/C16H23N3O/c1-10-4-6-19(7-5-10)16-17-12(3)15-13(18-16)8-11(2)9-14(15)20/h10-11H,4-9H2,1-3H3. The number of rotatable bonds is 1. The van der Waals surface area contributed by atoms with Gasteiger partial charge in [0.2, 0.25) is 5.95 Å². The third kappa shape index (κ3) is 2.43. The van der Waals surface area contributed by atoms with Crippen LogP contribution in [-0.4, -0.2) is 28.8 Å². The third-order valence-corrected chi connectivity index (χ3v) is 4.57. The van der Waals surface area contributed by atoms with E-state index in [4.69, 9.17) is 4.98 Å². The Morgan fingerprint density at radius 2 is 1.75 bits per heavy atom. The first-order valence-corrected chi connectivity index (χ1v) is 7.70. The summed E-state index contributed by atoms with van der Waals surface area (Å²) in [4.78, 5) is 23.8. The van der Waals surface area contributed by atoms with Gasteiger partial charge in [-0.2, -0.15) is 0 Å². The third-order valence-electron chi connectivity index (χ3n) is 4.57. The van der Waals surface area contributed by atoms with Crippen LogP contribution < -0.4 is 4.90 Å². The van der Waals surface area contributed by atoms with Crippen LogP contribution >= 0.6 is 0 Å². The predicted octanol–water partition coefficient (Wildman–Crippen LogP) is 2.79. The van der Waals surface area contributed by atoms with Gasteiger partial charge in [-0.25, -0.2) is 9.97 Å². The van der Waals surface area contributed by atoms with Gasteiger partial charge in [0.05, 0.1) is 17.0 Å². The van der Waals surface area contributed by atoms with Crippen molar-refractivity contribution in [1.29, 1.82) is 0 Å². The van der Waals surface area contributed by atoms with Gasteiger partial charge in [-0.3, -0.25) is 4.79 Å². The summed E-state index contributed by atoms with van der Waals surface area (Å²) in [5.41, 5.74) is 2.62. The normalized spacial score (nSPS) is 23.9. The molecule has 1 aromatic rings. The van der Waals surface area contributed by atoms with Gasteiger partial charge >= 0.3 is 0 Å². The summed E-state index contributed by atoms with van der Waals surface area (Å²) < 4.78 is 0. The fourth-order valence-electron chi connectivity index (χ4n) is 3.30. The lowest BCUT2D eigenvalue weighted by molar-refractivity contribution is 0.0951. The molecular weight excluding hydrogens is 250 g/mol. The second-order valence-electron chi connectivity index (χ2n) is 6.54. The number of fused-ring (bicyclic) bond motifs is 1. The Hall–Kier alpha value is -1.45. The molecule has 1 aliphatic carbocycles. The molecule has 4 nitrogen and oxygen atoms in total. The predicted molar refractivity (Wildman–Crippen MR) is 79.2 cm³/mol. The monoisotopic (exact) mass is 273 g/mol. The number of carbonyl (C=O) groups is 1. The lowest BCUT2D eigenvalue weighted by Gasteiger charge is -2.31. The van der Waals surface area contributed by atoms with E-state index in [1.54, 1.807) is 0 Å². The maximum atomic E-state index is 12.2. The minimum atomic E-state index is 0.218. The van der Waals surface area contributed by atoms with Crippen molar-refractivity contribution in [2.24, 2.45) is 11.8 Å². The first kappa shape index (κ1) is 13.5. The molecule has 0 aromatic carbocycles. The summed E-state index contributed by atoms with van der Waals surface area (Å²) in [7, 11) is 0. The van der Waals surface area contributed by atoms with E-state index in [0.29, 0.717) is 12.3 Å². The number of nitrogens with zero attached hydrogens (tertiary/aromatic N) is 3. The molecule has 1 saturated heterocycles. The van der Waals surface area contributed by atoms with E-state index >= 15 is 0 Å². The Morgan fingerprint density at radius 1 is 1.05 bits per heavy atom. The molecule has 0 N–H and O–H groups in total. The number of anilines is 1. The van der Waals surface area contributed by atoms with Crippen molar-refractivity contribution < 1.29 is 4.79 Å². The van der Waals surface area contributed by atoms with Crippen LogP contribution in [0.4, 0.5) is 5.95 Å². The average Bonchev–Trinajstić information content (AvgIpc) is 2.38. The minimum absolute atomic E-state index is 0.218. The molecule has 4 heteroatoms. The van der Waals surface area contributed by atoms with Crippen molar-refractivity contribution in [2.75, 3.05) is 18.0 Å². The minimum Gasteiger partial charge on any atom is -0.341 e. The molecule has 2 heterocycles. The lowest BCUT2D eigenvalue weighted by Crippen LogP contribution is -2.35.